The first-order valence-electron chi connectivity index (χ1n) is 6.43. The molecule has 1 rings (SSSR count). The average Bonchev–Trinajstić information content (AvgIpc) is 2.37. The molecule has 0 amide bonds. The Bertz CT molecular complexity index is 414. The Balaban J connectivity index is 2.81. The van der Waals surface area contributed by atoms with Crippen molar-refractivity contribution in [3.05, 3.63) is 30.3 Å². The van der Waals surface area contributed by atoms with Crippen molar-refractivity contribution in [2.45, 2.75) is 33.1 Å². The zero-order chi connectivity index (χ0) is 13.4. The fourth-order valence-electron chi connectivity index (χ4n) is 1.76. The van der Waals surface area contributed by atoms with Crippen molar-refractivity contribution in [2.75, 3.05) is 12.8 Å². The first kappa shape index (κ1) is 15.1. The molecule has 1 aromatic rings. The maximum absolute atomic E-state index is 12.7. The number of unbranched alkanes of at least 4 members (excludes halogenated alkanes) is 1. The second-order valence-corrected chi connectivity index (χ2v) is 6.66. The summed E-state index contributed by atoms with van der Waals surface area (Å²) in [4.78, 5) is 11.8. The third-order valence-corrected chi connectivity index (χ3v) is 5.21. The summed E-state index contributed by atoms with van der Waals surface area (Å²) in [6.45, 7) is 4.19. The summed E-state index contributed by atoms with van der Waals surface area (Å²) >= 11 is 0. The highest BCUT2D eigenvalue weighted by atomic mass is 31.2. The second-order valence-electron chi connectivity index (χ2n) is 4.23. The van der Waals surface area contributed by atoms with E-state index in [4.69, 9.17) is 4.52 Å². The fourth-order valence-corrected chi connectivity index (χ4v) is 3.85. The van der Waals surface area contributed by atoms with Crippen molar-refractivity contribution in [3.8, 4) is 0 Å². The van der Waals surface area contributed by atoms with E-state index in [1.165, 1.54) is 0 Å². The van der Waals surface area contributed by atoms with E-state index in [-0.39, 0.29) is 11.9 Å². The molecule has 0 N–H and O–H groups in total. The number of ketones is 1. The number of carbonyl (C=O) groups is 1. The topological polar surface area (TPSA) is 43.4 Å². The normalized spacial score (nSPS) is 14.1. The number of rotatable bonds is 8. The van der Waals surface area contributed by atoms with E-state index in [0.717, 1.165) is 12.8 Å². The van der Waals surface area contributed by atoms with Gasteiger partial charge in [-0.25, -0.2) is 0 Å². The van der Waals surface area contributed by atoms with E-state index >= 15 is 0 Å². The Labute approximate surface area is 109 Å². The lowest BCUT2D eigenvalue weighted by Crippen LogP contribution is -2.16. The predicted octanol–water partition coefficient (Wildman–Crippen LogP) is 3.39. The van der Waals surface area contributed by atoms with Crippen LogP contribution in [-0.4, -0.2) is 18.6 Å². The third-order valence-electron chi connectivity index (χ3n) is 2.68. The molecular formula is C14H21O3P. The van der Waals surface area contributed by atoms with Crippen LogP contribution in [0, 0.1) is 0 Å². The lowest BCUT2D eigenvalue weighted by molar-refractivity contribution is -0.116. The van der Waals surface area contributed by atoms with Gasteiger partial charge in [0.25, 0.3) is 0 Å². The van der Waals surface area contributed by atoms with Crippen LogP contribution < -0.4 is 5.30 Å². The van der Waals surface area contributed by atoms with Crippen LogP contribution in [0.15, 0.2) is 30.3 Å². The molecule has 0 aromatic heterocycles. The largest absolute Gasteiger partial charge is 0.325 e. The number of Topliss-reactive ketones (excluding diaryl/α,β-unsaturated/α-hetero) is 1. The number of hydrogen-bond donors (Lipinski definition) is 0. The predicted molar refractivity (Wildman–Crippen MR) is 74.7 cm³/mol. The zero-order valence-electron chi connectivity index (χ0n) is 11.1. The minimum absolute atomic E-state index is 0.0187. The molecule has 0 bridgehead atoms. The first-order valence-corrected chi connectivity index (χ1v) is 8.24. The Morgan fingerprint density at radius 1 is 1.22 bits per heavy atom. The van der Waals surface area contributed by atoms with Gasteiger partial charge in [-0.3, -0.25) is 9.36 Å². The Morgan fingerprint density at radius 2 is 1.89 bits per heavy atom. The monoisotopic (exact) mass is 268 g/mol. The van der Waals surface area contributed by atoms with Gasteiger partial charge in [-0.15, -0.1) is 0 Å². The molecule has 4 heteroatoms. The quantitative estimate of drug-likeness (QED) is 0.679. The lowest BCUT2D eigenvalue weighted by atomic mass is 10.2. The minimum atomic E-state index is -3.02. The summed E-state index contributed by atoms with van der Waals surface area (Å²) in [6, 6.07) is 9.03. The van der Waals surface area contributed by atoms with Gasteiger partial charge in [-0.1, -0.05) is 31.5 Å². The van der Waals surface area contributed by atoms with E-state index in [2.05, 4.69) is 0 Å². The molecule has 100 valence electrons. The molecule has 1 atom stereocenters. The number of hydrogen-bond acceptors (Lipinski definition) is 3. The summed E-state index contributed by atoms with van der Waals surface area (Å²) in [5, 5.41) is 0.636. The third kappa shape index (κ3) is 4.40. The minimum Gasteiger partial charge on any atom is -0.325 e. The molecule has 0 spiro atoms. The molecule has 0 fully saturated rings. The maximum atomic E-state index is 12.7. The lowest BCUT2D eigenvalue weighted by Gasteiger charge is -2.17. The molecule has 1 unspecified atom stereocenters. The molecule has 0 aliphatic carbocycles. The smallest absolute Gasteiger partial charge is 0.239 e. The van der Waals surface area contributed by atoms with Crippen molar-refractivity contribution < 1.29 is 13.9 Å². The van der Waals surface area contributed by atoms with E-state index in [0.29, 0.717) is 18.3 Å². The molecule has 0 heterocycles. The molecule has 0 aliphatic heterocycles. The van der Waals surface area contributed by atoms with Gasteiger partial charge in [-0.2, -0.15) is 0 Å². The van der Waals surface area contributed by atoms with E-state index in [1.807, 2.05) is 25.1 Å². The van der Waals surface area contributed by atoms with E-state index in [9.17, 15) is 9.36 Å². The molecule has 3 nitrogen and oxygen atoms in total. The van der Waals surface area contributed by atoms with Crippen LogP contribution in [0.2, 0.25) is 0 Å². The Kier molecular flexibility index (Phi) is 6.31. The Hall–Kier alpha value is -0.920. The van der Waals surface area contributed by atoms with Gasteiger partial charge in [0.15, 0.2) is 0 Å². The first-order chi connectivity index (χ1) is 8.62. The van der Waals surface area contributed by atoms with Crippen molar-refractivity contribution in [1.82, 2.24) is 0 Å². The van der Waals surface area contributed by atoms with Crippen molar-refractivity contribution >= 4 is 18.5 Å². The van der Waals surface area contributed by atoms with Crippen LogP contribution in [0.3, 0.4) is 0 Å². The van der Waals surface area contributed by atoms with E-state index < -0.39 is 7.37 Å². The molecule has 1 aromatic carbocycles. The van der Waals surface area contributed by atoms with Gasteiger partial charge in [-0.05, 0) is 25.5 Å². The van der Waals surface area contributed by atoms with Gasteiger partial charge in [0.1, 0.15) is 5.78 Å². The van der Waals surface area contributed by atoms with E-state index in [1.54, 1.807) is 19.1 Å². The number of benzene rings is 1. The van der Waals surface area contributed by atoms with Crippen LogP contribution in [0.25, 0.3) is 0 Å². The molecule has 0 saturated heterocycles. The van der Waals surface area contributed by atoms with Crippen LogP contribution in [-0.2, 0) is 13.9 Å². The SMILES string of the molecule is CCCCC(=O)CP(=O)(OCC)c1ccccc1. The van der Waals surface area contributed by atoms with Crippen molar-refractivity contribution in [3.63, 3.8) is 0 Å². The molecule has 0 saturated carbocycles. The van der Waals surface area contributed by atoms with Crippen LogP contribution in [0.1, 0.15) is 33.1 Å². The van der Waals surface area contributed by atoms with Crippen molar-refractivity contribution in [2.24, 2.45) is 0 Å². The highest BCUT2D eigenvalue weighted by molar-refractivity contribution is 7.67. The van der Waals surface area contributed by atoms with Crippen LogP contribution in [0.5, 0.6) is 0 Å². The Morgan fingerprint density at radius 3 is 2.44 bits per heavy atom. The van der Waals surface area contributed by atoms with Crippen LogP contribution in [0.4, 0.5) is 0 Å². The second kappa shape index (κ2) is 7.50. The van der Waals surface area contributed by atoms with Gasteiger partial charge in [0, 0.05) is 11.7 Å². The highest BCUT2D eigenvalue weighted by Gasteiger charge is 2.28. The molecule has 0 radical (unpaired) electrons. The van der Waals surface area contributed by atoms with Gasteiger partial charge in [0.05, 0.1) is 12.8 Å². The highest BCUT2D eigenvalue weighted by Crippen LogP contribution is 2.45. The zero-order valence-corrected chi connectivity index (χ0v) is 12.0. The molecule has 18 heavy (non-hydrogen) atoms. The van der Waals surface area contributed by atoms with Gasteiger partial charge in [0.2, 0.25) is 7.37 Å². The summed E-state index contributed by atoms with van der Waals surface area (Å²) in [6.07, 6.45) is 2.32. The summed E-state index contributed by atoms with van der Waals surface area (Å²) in [5.41, 5.74) is 0. The maximum Gasteiger partial charge on any atom is 0.239 e. The molecule has 0 aliphatic rings. The summed E-state index contributed by atoms with van der Waals surface area (Å²) in [7, 11) is -3.02. The summed E-state index contributed by atoms with van der Waals surface area (Å²) in [5.74, 6) is 0.0255. The van der Waals surface area contributed by atoms with Gasteiger partial charge < -0.3 is 4.52 Å². The van der Waals surface area contributed by atoms with Crippen molar-refractivity contribution in [1.29, 1.82) is 0 Å². The fraction of sp³-hybridized carbons (Fsp3) is 0.500. The van der Waals surface area contributed by atoms with Gasteiger partial charge >= 0.3 is 0 Å². The summed E-state index contributed by atoms with van der Waals surface area (Å²) < 4.78 is 18.1. The number of carbonyl (C=O) groups excluding carboxylic acids is 1. The molecular weight excluding hydrogens is 247 g/mol. The van der Waals surface area contributed by atoms with Crippen LogP contribution >= 0.6 is 7.37 Å². The average molecular weight is 268 g/mol. The standard InChI is InChI=1S/C14H21O3P/c1-3-5-9-13(15)12-18(16,17-4-2)14-10-7-6-8-11-14/h6-8,10-11H,3-5,9,12H2,1-2H3.